The SMILES string of the molecule is CCc1cc2c(sc3c(CC)c(Cl)c(CC)cc32)c(CC)c1Cl. The molecule has 0 bridgehead atoms. The summed E-state index contributed by atoms with van der Waals surface area (Å²) in [6.07, 6.45) is 3.86. The zero-order chi connectivity index (χ0) is 16.7. The molecule has 3 aromatic rings. The topological polar surface area (TPSA) is 0 Å². The zero-order valence-corrected chi connectivity index (χ0v) is 16.5. The van der Waals surface area contributed by atoms with E-state index < -0.39 is 0 Å². The van der Waals surface area contributed by atoms with Crippen molar-refractivity contribution in [2.75, 3.05) is 0 Å². The first kappa shape index (κ1) is 17.1. The fourth-order valence-corrected chi connectivity index (χ4v) is 5.85. The molecular formula is C20H22Cl2S. The Morgan fingerprint density at radius 2 is 1.09 bits per heavy atom. The summed E-state index contributed by atoms with van der Waals surface area (Å²) in [6, 6.07) is 4.59. The van der Waals surface area contributed by atoms with Crippen molar-refractivity contribution >= 4 is 54.7 Å². The molecule has 0 unspecified atom stereocenters. The minimum atomic E-state index is 0.953. The van der Waals surface area contributed by atoms with Crippen LogP contribution in [0.2, 0.25) is 10.0 Å². The van der Waals surface area contributed by atoms with Gasteiger partial charge in [-0.15, -0.1) is 11.3 Å². The molecule has 1 aromatic heterocycles. The Labute approximate surface area is 152 Å². The first-order chi connectivity index (χ1) is 11.1. The van der Waals surface area contributed by atoms with Crippen LogP contribution in [-0.4, -0.2) is 0 Å². The van der Waals surface area contributed by atoms with Gasteiger partial charge >= 0.3 is 0 Å². The van der Waals surface area contributed by atoms with Gasteiger partial charge in [-0.05, 0) is 60.1 Å². The van der Waals surface area contributed by atoms with Gasteiger partial charge in [0.15, 0.2) is 0 Å². The van der Waals surface area contributed by atoms with E-state index in [2.05, 4.69) is 39.8 Å². The molecule has 0 N–H and O–H groups in total. The molecular weight excluding hydrogens is 343 g/mol. The van der Waals surface area contributed by atoms with E-state index in [0.717, 1.165) is 35.7 Å². The van der Waals surface area contributed by atoms with E-state index in [1.54, 1.807) is 0 Å². The Morgan fingerprint density at radius 1 is 0.696 bits per heavy atom. The summed E-state index contributed by atoms with van der Waals surface area (Å²) in [5, 5.41) is 4.61. The molecule has 0 saturated heterocycles. The molecule has 0 amide bonds. The van der Waals surface area contributed by atoms with Crippen molar-refractivity contribution in [1.29, 1.82) is 0 Å². The quantitative estimate of drug-likeness (QED) is 0.446. The number of thiophene rings is 1. The maximum Gasteiger partial charge on any atom is 0.0484 e. The third-order valence-corrected chi connectivity index (χ3v) is 7.01. The molecule has 3 heteroatoms. The van der Waals surface area contributed by atoms with Gasteiger partial charge in [0, 0.05) is 30.2 Å². The van der Waals surface area contributed by atoms with Gasteiger partial charge in [0.2, 0.25) is 0 Å². The molecule has 0 fully saturated rings. The van der Waals surface area contributed by atoms with Gasteiger partial charge in [-0.1, -0.05) is 50.9 Å². The highest BCUT2D eigenvalue weighted by Crippen LogP contribution is 2.44. The van der Waals surface area contributed by atoms with Gasteiger partial charge in [0.1, 0.15) is 0 Å². The summed E-state index contributed by atoms with van der Waals surface area (Å²) in [7, 11) is 0. The van der Waals surface area contributed by atoms with Gasteiger partial charge in [-0.25, -0.2) is 0 Å². The second kappa shape index (κ2) is 6.63. The fourth-order valence-electron chi connectivity index (χ4n) is 3.40. The molecule has 23 heavy (non-hydrogen) atoms. The van der Waals surface area contributed by atoms with Crippen molar-refractivity contribution in [3.05, 3.63) is 44.4 Å². The Morgan fingerprint density at radius 3 is 1.39 bits per heavy atom. The van der Waals surface area contributed by atoms with Crippen LogP contribution in [0.1, 0.15) is 49.9 Å². The van der Waals surface area contributed by atoms with Crippen molar-refractivity contribution in [2.45, 2.75) is 53.4 Å². The summed E-state index contributed by atoms with van der Waals surface area (Å²) in [6.45, 7) is 8.73. The number of fused-ring (bicyclic) bond motifs is 3. The zero-order valence-electron chi connectivity index (χ0n) is 14.1. The number of benzene rings is 2. The van der Waals surface area contributed by atoms with Crippen LogP contribution in [0.15, 0.2) is 12.1 Å². The van der Waals surface area contributed by atoms with Crippen LogP contribution in [0.5, 0.6) is 0 Å². The van der Waals surface area contributed by atoms with Crippen LogP contribution in [0.3, 0.4) is 0 Å². The Bertz CT molecular complexity index is 818. The van der Waals surface area contributed by atoms with E-state index in [1.165, 1.54) is 42.4 Å². The van der Waals surface area contributed by atoms with Crippen molar-refractivity contribution < 1.29 is 0 Å². The highest BCUT2D eigenvalue weighted by Gasteiger charge is 2.18. The smallest absolute Gasteiger partial charge is 0.0484 e. The highest BCUT2D eigenvalue weighted by atomic mass is 35.5. The maximum absolute atomic E-state index is 6.66. The van der Waals surface area contributed by atoms with Gasteiger partial charge in [0.25, 0.3) is 0 Å². The van der Waals surface area contributed by atoms with E-state index in [1.807, 2.05) is 11.3 Å². The number of aryl methyl sites for hydroxylation is 4. The molecule has 0 radical (unpaired) electrons. The minimum Gasteiger partial charge on any atom is -0.134 e. The third kappa shape index (κ3) is 2.58. The number of hydrogen-bond donors (Lipinski definition) is 0. The summed E-state index contributed by atoms with van der Waals surface area (Å²) in [4.78, 5) is 0. The average molecular weight is 365 g/mol. The van der Waals surface area contributed by atoms with Crippen LogP contribution in [-0.2, 0) is 25.7 Å². The van der Waals surface area contributed by atoms with E-state index in [-0.39, 0.29) is 0 Å². The molecule has 0 aliphatic carbocycles. The maximum atomic E-state index is 6.66. The normalized spacial score (nSPS) is 11.7. The Hall–Kier alpha value is -0.760. The first-order valence-electron chi connectivity index (χ1n) is 8.43. The molecule has 0 aliphatic heterocycles. The molecule has 0 spiro atoms. The van der Waals surface area contributed by atoms with Gasteiger partial charge in [0.05, 0.1) is 0 Å². The lowest BCUT2D eigenvalue weighted by Crippen LogP contribution is -1.91. The van der Waals surface area contributed by atoms with E-state index in [0.29, 0.717) is 0 Å². The average Bonchev–Trinajstić information content (AvgIpc) is 2.91. The Balaban J connectivity index is 2.53. The minimum absolute atomic E-state index is 0.953. The largest absolute Gasteiger partial charge is 0.134 e. The second-order valence-electron chi connectivity index (χ2n) is 5.93. The predicted octanol–water partition coefficient (Wildman–Crippen LogP) is 7.61. The highest BCUT2D eigenvalue weighted by molar-refractivity contribution is 7.26. The molecule has 0 nitrogen and oxygen atoms in total. The van der Waals surface area contributed by atoms with E-state index in [9.17, 15) is 0 Å². The molecule has 122 valence electrons. The first-order valence-corrected chi connectivity index (χ1v) is 10.0. The Kier molecular flexibility index (Phi) is 4.92. The molecule has 3 rings (SSSR count). The van der Waals surface area contributed by atoms with Gasteiger partial charge < -0.3 is 0 Å². The third-order valence-electron chi connectivity index (χ3n) is 4.73. The lowest BCUT2D eigenvalue weighted by Gasteiger charge is -2.10. The monoisotopic (exact) mass is 364 g/mol. The second-order valence-corrected chi connectivity index (χ2v) is 7.70. The van der Waals surface area contributed by atoms with Crippen molar-refractivity contribution in [3.8, 4) is 0 Å². The lowest BCUT2D eigenvalue weighted by atomic mass is 9.98. The number of halogens is 2. The predicted molar refractivity (Wildman–Crippen MR) is 107 cm³/mol. The van der Waals surface area contributed by atoms with Crippen molar-refractivity contribution in [1.82, 2.24) is 0 Å². The summed E-state index contributed by atoms with van der Waals surface area (Å²) in [5.74, 6) is 0. The van der Waals surface area contributed by atoms with Crippen molar-refractivity contribution in [3.63, 3.8) is 0 Å². The summed E-state index contributed by atoms with van der Waals surface area (Å²) < 4.78 is 2.67. The van der Waals surface area contributed by atoms with Crippen LogP contribution < -0.4 is 0 Å². The molecule has 0 aliphatic rings. The molecule has 0 saturated carbocycles. The molecule has 0 atom stereocenters. The lowest BCUT2D eigenvalue weighted by molar-refractivity contribution is 1.10. The van der Waals surface area contributed by atoms with Crippen LogP contribution in [0, 0.1) is 0 Å². The molecule has 2 aromatic carbocycles. The number of rotatable bonds is 4. The molecule has 1 heterocycles. The fraction of sp³-hybridized carbons (Fsp3) is 0.400. The standard InChI is InChI=1S/C20H22Cl2S/c1-5-11-9-15-16-10-12(6-2)18(22)14(8-4)20(16)23-19(15)13(7-3)17(11)21/h9-10H,5-8H2,1-4H3. The van der Waals surface area contributed by atoms with E-state index in [4.69, 9.17) is 23.2 Å². The van der Waals surface area contributed by atoms with Crippen molar-refractivity contribution in [2.24, 2.45) is 0 Å². The van der Waals surface area contributed by atoms with Gasteiger partial charge in [-0.2, -0.15) is 0 Å². The number of hydrogen-bond acceptors (Lipinski definition) is 1. The summed E-state index contributed by atoms with van der Waals surface area (Å²) in [5.41, 5.74) is 5.08. The van der Waals surface area contributed by atoms with Crippen LogP contribution in [0.25, 0.3) is 20.2 Å². The van der Waals surface area contributed by atoms with E-state index >= 15 is 0 Å². The van der Waals surface area contributed by atoms with Crippen LogP contribution >= 0.6 is 34.5 Å². The summed E-state index contributed by atoms with van der Waals surface area (Å²) >= 11 is 15.2. The van der Waals surface area contributed by atoms with Crippen LogP contribution in [0.4, 0.5) is 0 Å². The van der Waals surface area contributed by atoms with Gasteiger partial charge in [-0.3, -0.25) is 0 Å².